The lowest BCUT2D eigenvalue weighted by Crippen LogP contribution is -2.33. The van der Waals surface area contributed by atoms with E-state index in [2.05, 4.69) is 0 Å². The van der Waals surface area contributed by atoms with Gasteiger partial charge in [-0.3, -0.25) is 9.59 Å². The Kier molecular flexibility index (Phi) is 6.95. The molecule has 0 aromatic heterocycles. The van der Waals surface area contributed by atoms with Gasteiger partial charge in [-0.15, -0.1) is 11.8 Å². The first-order valence-corrected chi connectivity index (χ1v) is 10.9. The number of carboxylic acids is 1. The van der Waals surface area contributed by atoms with E-state index in [1.54, 1.807) is 4.90 Å². The Morgan fingerprint density at radius 1 is 1.10 bits per heavy atom. The largest absolute Gasteiger partial charge is 0.507 e. The third-order valence-corrected chi connectivity index (χ3v) is 6.57. The molecule has 1 aliphatic heterocycles. The highest BCUT2D eigenvalue weighted by Crippen LogP contribution is 2.48. The number of carboxylic acid groups (broad SMARTS) is 1. The Labute approximate surface area is 177 Å². The van der Waals surface area contributed by atoms with Gasteiger partial charge >= 0.3 is 5.97 Å². The summed E-state index contributed by atoms with van der Waals surface area (Å²) in [4.78, 5) is 25.8. The molecule has 0 spiro atoms. The van der Waals surface area contributed by atoms with Gasteiger partial charge in [-0.25, -0.2) is 0 Å². The molecule has 2 atom stereocenters. The highest BCUT2D eigenvalue weighted by molar-refractivity contribution is 8.01. The van der Waals surface area contributed by atoms with Crippen LogP contribution in [0.2, 0.25) is 0 Å². The molecule has 1 heterocycles. The van der Waals surface area contributed by atoms with Gasteiger partial charge in [-0.05, 0) is 46.1 Å². The number of phenols is 1. The Morgan fingerprint density at radius 2 is 1.62 bits per heavy atom. The van der Waals surface area contributed by atoms with E-state index in [1.165, 1.54) is 11.8 Å². The molecule has 3 N–H and O–H groups in total. The zero-order chi connectivity index (χ0) is 22.1. The SMILES string of the molecule is CC(C)(C)c1cc(C2SC(CC(=O)O)C(=O)N2CCCO)cc(C(C)(C)C)c1O. The lowest BCUT2D eigenvalue weighted by atomic mass is 9.78. The number of rotatable bonds is 6. The predicted molar refractivity (Wildman–Crippen MR) is 115 cm³/mol. The van der Waals surface area contributed by atoms with E-state index in [0.29, 0.717) is 13.0 Å². The maximum absolute atomic E-state index is 12.9. The fourth-order valence-corrected chi connectivity index (χ4v) is 5.00. The number of amides is 1. The zero-order valence-corrected chi connectivity index (χ0v) is 19.0. The number of benzene rings is 1. The molecule has 7 heteroatoms. The molecule has 0 bridgehead atoms. The molecular weight excluding hydrogens is 390 g/mol. The number of nitrogens with zero attached hydrogens (tertiary/aromatic N) is 1. The quantitative estimate of drug-likeness (QED) is 0.644. The Balaban J connectivity index is 2.59. The molecule has 2 unspecified atom stereocenters. The van der Waals surface area contributed by atoms with Crippen molar-refractivity contribution in [3.8, 4) is 5.75 Å². The van der Waals surface area contributed by atoms with E-state index < -0.39 is 11.2 Å². The summed E-state index contributed by atoms with van der Waals surface area (Å²) >= 11 is 1.34. The molecule has 2 rings (SSSR count). The second-order valence-electron chi connectivity index (χ2n) is 9.65. The van der Waals surface area contributed by atoms with E-state index in [0.717, 1.165) is 16.7 Å². The molecule has 0 aliphatic carbocycles. The van der Waals surface area contributed by atoms with E-state index in [4.69, 9.17) is 0 Å². The molecule has 162 valence electrons. The zero-order valence-electron chi connectivity index (χ0n) is 18.2. The first-order chi connectivity index (χ1) is 13.3. The van der Waals surface area contributed by atoms with Crippen molar-refractivity contribution in [2.75, 3.05) is 13.2 Å². The van der Waals surface area contributed by atoms with Crippen molar-refractivity contribution in [1.82, 2.24) is 4.90 Å². The lowest BCUT2D eigenvalue weighted by molar-refractivity contribution is -0.140. The molecule has 0 saturated carbocycles. The van der Waals surface area contributed by atoms with E-state index in [1.807, 2.05) is 53.7 Å². The third kappa shape index (κ3) is 5.25. The van der Waals surface area contributed by atoms with Crippen LogP contribution in [0.1, 0.15) is 76.4 Å². The molecule has 29 heavy (non-hydrogen) atoms. The number of aliphatic hydroxyl groups excluding tert-OH is 1. The molecule has 1 aliphatic rings. The van der Waals surface area contributed by atoms with Crippen LogP contribution in [-0.2, 0) is 20.4 Å². The van der Waals surface area contributed by atoms with Crippen LogP contribution in [0.3, 0.4) is 0 Å². The van der Waals surface area contributed by atoms with Crippen LogP contribution in [0.15, 0.2) is 12.1 Å². The second kappa shape index (κ2) is 8.56. The molecule has 6 nitrogen and oxygen atoms in total. The van der Waals surface area contributed by atoms with Crippen molar-refractivity contribution in [3.63, 3.8) is 0 Å². The molecular formula is C22H33NO5S. The van der Waals surface area contributed by atoms with Gasteiger partial charge in [0.1, 0.15) is 11.1 Å². The maximum atomic E-state index is 12.9. The summed E-state index contributed by atoms with van der Waals surface area (Å²) in [5, 5.41) is 28.4. The topological polar surface area (TPSA) is 98.1 Å². The smallest absolute Gasteiger partial charge is 0.305 e. The first-order valence-electron chi connectivity index (χ1n) is 9.93. The number of thioether (sulfide) groups is 1. The number of hydrogen-bond acceptors (Lipinski definition) is 5. The monoisotopic (exact) mass is 423 g/mol. The van der Waals surface area contributed by atoms with Crippen LogP contribution in [0.5, 0.6) is 5.75 Å². The Bertz CT molecular complexity index is 743. The minimum atomic E-state index is -1.00. The Morgan fingerprint density at radius 3 is 2.03 bits per heavy atom. The average Bonchev–Trinajstić information content (AvgIpc) is 2.86. The third-order valence-electron chi connectivity index (χ3n) is 5.09. The van der Waals surface area contributed by atoms with Crippen LogP contribution in [-0.4, -0.2) is 50.5 Å². The van der Waals surface area contributed by atoms with Gasteiger partial charge in [-0.2, -0.15) is 0 Å². The van der Waals surface area contributed by atoms with E-state index in [9.17, 15) is 24.9 Å². The van der Waals surface area contributed by atoms with Crippen LogP contribution in [0.4, 0.5) is 0 Å². The number of carbonyl (C=O) groups excluding carboxylic acids is 1. The van der Waals surface area contributed by atoms with E-state index >= 15 is 0 Å². The van der Waals surface area contributed by atoms with Gasteiger partial charge in [0.05, 0.1) is 11.7 Å². The minimum absolute atomic E-state index is 0.0408. The van der Waals surface area contributed by atoms with Crippen molar-refractivity contribution in [1.29, 1.82) is 0 Å². The van der Waals surface area contributed by atoms with E-state index in [-0.39, 0.29) is 40.9 Å². The minimum Gasteiger partial charge on any atom is -0.507 e. The van der Waals surface area contributed by atoms with Gasteiger partial charge < -0.3 is 20.2 Å². The number of hydrogen-bond donors (Lipinski definition) is 3. The average molecular weight is 424 g/mol. The summed E-state index contributed by atoms with van der Waals surface area (Å²) in [6.45, 7) is 12.5. The molecule has 1 aromatic rings. The number of aromatic hydroxyl groups is 1. The van der Waals surface area contributed by atoms with Gasteiger partial charge in [0.2, 0.25) is 5.91 Å². The number of carbonyl (C=O) groups is 2. The summed E-state index contributed by atoms with van der Waals surface area (Å²) in [7, 11) is 0. The molecule has 1 fully saturated rings. The predicted octanol–water partition coefficient (Wildman–Crippen LogP) is 3.79. The summed E-state index contributed by atoms with van der Waals surface area (Å²) < 4.78 is 0. The highest BCUT2D eigenvalue weighted by atomic mass is 32.2. The van der Waals surface area contributed by atoms with Gasteiger partial charge in [-0.1, -0.05) is 41.5 Å². The molecule has 1 saturated heterocycles. The molecule has 0 radical (unpaired) electrons. The van der Waals surface area contributed by atoms with Crippen LogP contribution in [0, 0.1) is 0 Å². The lowest BCUT2D eigenvalue weighted by Gasteiger charge is -2.31. The van der Waals surface area contributed by atoms with Crippen molar-refractivity contribution in [3.05, 3.63) is 28.8 Å². The fourth-order valence-electron chi connectivity index (χ4n) is 3.55. The number of phenolic OH excluding ortho intramolecular Hbond substituents is 1. The Hall–Kier alpha value is -1.73. The second-order valence-corrected chi connectivity index (χ2v) is 10.9. The van der Waals surface area contributed by atoms with Gasteiger partial charge in [0.25, 0.3) is 0 Å². The standard InChI is InChI=1S/C22H33NO5S/c1-21(2,3)14-10-13(11-15(18(14)27)22(4,5)6)20-23(8-7-9-24)19(28)16(29-20)12-17(25)26/h10-11,16,20,24,27H,7-9,12H2,1-6H3,(H,25,26). The summed E-state index contributed by atoms with van der Waals surface area (Å²) in [6, 6.07) is 3.87. The van der Waals surface area contributed by atoms with Crippen LogP contribution < -0.4 is 0 Å². The van der Waals surface area contributed by atoms with Crippen molar-refractivity contribution in [2.45, 2.75) is 75.8 Å². The fraction of sp³-hybridized carbons (Fsp3) is 0.636. The normalized spacial score (nSPS) is 20.4. The maximum Gasteiger partial charge on any atom is 0.305 e. The summed E-state index contributed by atoms with van der Waals surface area (Å²) in [5.74, 6) is -0.944. The van der Waals surface area contributed by atoms with Crippen molar-refractivity contribution in [2.24, 2.45) is 0 Å². The molecule has 1 amide bonds. The summed E-state index contributed by atoms with van der Waals surface area (Å²) in [5.41, 5.74) is 1.88. The van der Waals surface area contributed by atoms with Crippen molar-refractivity contribution < 1.29 is 24.9 Å². The number of aliphatic carboxylic acids is 1. The van der Waals surface area contributed by atoms with Gasteiger partial charge in [0.15, 0.2) is 0 Å². The highest BCUT2D eigenvalue weighted by Gasteiger charge is 2.42. The van der Waals surface area contributed by atoms with Crippen molar-refractivity contribution >= 4 is 23.6 Å². The number of aliphatic hydroxyl groups is 1. The first kappa shape index (κ1) is 23.5. The van der Waals surface area contributed by atoms with Gasteiger partial charge in [0, 0.05) is 13.2 Å². The molecule has 1 aromatic carbocycles. The van der Waals surface area contributed by atoms with Crippen LogP contribution >= 0.6 is 11.8 Å². The van der Waals surface area contributed by atoms with Crippen LogP contribution in [0.25, 0.3) is 0 Å². The summed E-state index contributed by atoms with van der Waals surface area (Å²) in [6.07, 6.45) is 0.199.